The number of carbonyl (C=O) groups excluding carboxylic acids is 1. The van der Waals surface area contributed by atoms with E-state index in [4.69, 9.17) is 0 Å². The summed E-state index contributed by atoms with van der Waals surface area (Å²) in [5.41, 5.74) is 0. The first-order chi connectivity index (χ1) is 8.56. The van der Waals surface area contributed by atoms with Crippen molar-refractivity contribution in [1.82, 2.24) is 15.5 Å². The second-order valence-corrected chi connectivity index (χ2v) is 6.23. The molecule has 2 aliphatic rings. The highest BCUT2D eigenvalue weighted by Crippen LogP contribution is 2.24. The number of fused-ring (bicyclic) bond motifs is 1. The Balaban J connectivity index is 1.74. The van der Waals surface area contributed by atoms with E-state index in [1.807, 2.05) is 0 Å². The third-order valence-corrected chi connectivity index (χ3v) is 4.50. The van der Waals surface area contributed by atoms with Crippen molar-refractivity contribution in [3.63, 3.8) is 0 Å². The molecule has 0 radical (unpaired) electrons. The van der Waals surface area contributed by atoms with Gasteiger partial charge >= 0.3 is 0 Å². The summed E-state index contributed by atoms with van der Waals surface area (Å²) in [6.45, 7) is 10.2. The van der Waals surface area contributed by atoms with Crippen molar-refractivity contribution in [2.24, 2.45) is 11.8 Å². The molecule has 2 aliphatic heterocycles. The van der Waals surface area contributed by atoms with E-state index in [1.54, 1.807) is 0 Å². The zero-order valence-corrected chi connectivity index (χ0v) is 11.9. The van der Waals surface area contributed by atoms with Crippen LogP contribution in [0, 0.1) is 11.8 Å². The standard InChI is InChI=1S/C14H27N3O/c1-10(2)11(3)16-14(18)9-17-7-5-13-12(8-17)4-6-15-13/h10-13,15H,4-9H2,1-3H3,(H,16,18). The Kier molecular flexibility index (Phi) is 4.62. The van der Waals surface area contributed by atoms with Gasteiger partial charge in [-0.25, -0.2) is 0 Å². The molecule has 0 aliphatic carbocycles. The number of nitrogens with zero attached hydrogens (tertiary/aromatic N) is 1. The Morgan fingerprint density at radius 2 is 2.17 bits per heavy atom. The van der Waals surface area contributed by atoms with Gasteiger partial charge in [0.2, 0.25) is 5.91 Å². The first-order valence-electron chi connectivity index (χ1n) is 7.31. The summed E-state index contributed by atoms with van der Waals surface area (Å²) in [5, 5.41) is 6.64. The largest absolute Gasteiger partial charge is 0.352 e. The van der Waals surface area contributed by atoms with Crippen molar-refractivity contribution in [3.05, 3.63) is 0 Å². The van der Waals surface area contributed by atoms with E-state index in [0.717, 1.165) is 25.6 Å². The van der Waals surface area contributed by atoms with Gasteiger partial charge in [-0.15, -0.1) is 0 Å². The summed E-state index contributed by atoms with van der Waals surface area (Å²) < 4.78 is 0. The Labute approximate surface area is 110 Å². The van der Waals surface area contributed by atoms with Crippen molar-refractivity contribution in [3.8, 4) is 0 Å². The zero-order chi connectivity index (χ0) is 13.1. The summed E-state index contributed by atoms with van der Waals surface area (Å²) in [5.74, 6) is 1.44. The molecule has 3 atom stereocenters. The van der Waals surface area contributed by atoms with E-state index in [0.29, 0.717) is 18.5 Å². The van der Waals surface area contributed by atoms with E-state index in [2.05, 4.69) is 36.3 Å². The van der Waals surface area contributed by atoms with Crippen molar-refractivity contribution < 1.29 is 4.79 Å². The van der Waals surface area contributed by atoms with Crippen molar-refractivity contribution in [1.29, 1.82) is 0 Å². The van der Waals surface area contributed by atoms with E-state index in [9.17, 15) is 4.79 Å². The highest BCUT2D eigenvalue weighted by molar-refractivity contribution is 5.78. The van der Waals surface area contributed by atoms with Crippen LogP contribution in [0.1, 0.15) is 33.6 Å². The van der Waals surface area contributed by atoms with Crippen LogP contribution in [0.2, 0.25) is 0 Å². The van der Waals surface area contributed by atoms with Crippen LogP contribution in [0.5, 0.6) is 0 Å². The number of hydrogen-bond donors (Lipinski definition) is 2. The van der Waals surface area contributed by atoms with Crippen LogP contribution in [0.3, 0.4) is 0 Å². The lowest BCUT2D eigenvalue weighted by Gasteiger charge is -2.34. The highest BCUT2D eigenvalue weighted by atomic mass is 16.2. The number of rotatable bonds is 4. The van der Waals surface area contributed by atoms with Gasteiger partial charge in [-0.1, -0.05) is 13.8 Å². The molecule has 2 heterocycles. The highest BCUT2D eigenvalue weighted by Gasteiger charge is 2.33. The molecular weight excluding hydrogens is 226 g/mol. The van der Waals surface area contributed by atoms with Crippen LogP contribution in [0.25, 0.3) is 0 Å². The Morgan fingerprint density at radius 3 is 2.89 bits per heavy atom. The number of hydrogen-bond acceptors (Lipinski definition) is 3. The molecule has 4 heteroatoms. The molecule has 18 heavy (non-hydrogen) atoms. The minimum absolute atomic E-state index is 0.181. The maximum atomic E-state index is 11.9. The molecule has 0 saturated carbocycles. The molecule has 4 nitrogen and oxygen atoms in total. The average Bonchev–Trinajstić information content (AvgIpc) is 2.75. The molecular formula is C14H27N3O. The number of amides is 1. The lowest BCUT2D eigenvalue weighted by atomic mass is 9.93. The van der Waals surface area contributed by atoms with Crippen LogP contribution >= 0.6 is 0 Å². The zero-order valence-electron chi connectivity index (χ0n) is 11.9. The van der Waals surface area contributed by atoms with Gasteiger partial charge < -0.3 is 10.6 Å². The van der Waals surface area contributed by atoms with E-state index < -0.39 is 0 Å². The normalized spacial score (nSPS) is 30.2. The number of carbonyl (C=O) groups is 1. The van der Waals surface area contributed by atoms with Crippen LogP contribution in [-0.2, 0) is 4.79 Å². The summed E-state index contributed by atoms with van der Waals surface area (Å²) >= 11 is 0. The Morgan fingerprint density at radius 1 is 1.39 bits per heavy atom. The van der Waals surface area contributed by atoms with Crippen molar-refractivity contribution in [2.45, 2.75) is 45.7 Å². The van der Waals surface area contributed by atoms with Gasteiger partial charge in [-0.3, -0.25) is 9.69 Å². The van der Waals surface area contributed by atoms with Gasteiger partial charge in [0.25, 0.3) is 0 Å². The van der Waals surface area contributed by atoms with Gasteiger partial charge in [0.1, 0.15) is 0 Å². The predicted molar refractivity (Wildman–Crippen MR) is 73.4 cm³/mol. The molecule has 0 aromatic carbocycles. The van der Waals surface area contributed by atoms with Crippen molar-refractivity contribution in [2.75, 3.05) is 26.2 Å². The molecule has 2 fully saturated rings. The minimum Gasteiger partial charge on any atom is -0.352 e. The Bertz CT molecular complexity index is 293. The summed E-state index contributed by atoms with van der Waals surface area (Å²) in [6, 6.07) is 0.974. The summed E-state index contributed by atoms with van der Waals surface area (Å²) in [4.78, 5) is 14.3. The summed E-state index contributed by atoms with van der Waals surface area (Å²) in [6.07, 6.45) is 2.46. The van der Waals surface area contributed by atoms with Crippen LogP contribution in [0.15, 0.2) is 0 Å². The van der Waals surface area contributed by atoms with Gasteiger partial charge in [-0.05, 0) is 38.1 Å². The Hall–Kier alpha value is -0.610. The van der Waals surface area contributed by atoms with Crippen LogP contribution < -0.4 is 10.6 Å². The van der Waals surface area contributed by atoms with Crippen molar-refractivity contribution >= 4 is 5.91 Å². The van der Waals surface area contributed by atoms with Crippen LogP contribution in [-0.4, -0.2) is 49.1 Å². The third-order valence-electron chi connectivity index (χ3n) is 4.50. The molecule has 104 valence electrons. The molecule has 0 aromatic heterocycles. The fourth-order valence-electron chi connectivity index (χ4n) is 2.94. The molecule has 2 N–H and O–H groups in total. The smallest absolute Gasteiger partial charge is 0.234 e. The molecule has 1 amide bonds. The van der Waals surface area contributed by atoms with Gasteiger partial charge in [-0.2, -0.15) is 0 Å². The number of nitrogens with one attached hydrogen (secondary N) is 2. The third kappa shape index (κ3) is 3.45. The fourth-order valence-corrected chi connectivity index (χ4v) is 2.94. The monoisotopic (exact) mass is 253 g/mol. The van der Waals surface area contributed by atoms with Gasteiger partial charge in [0.15, 0.2) is 0 Å². The van der Waals surface area contributed by atoms with E-state index >= 15 is 0 Å². The number of likely N-dealkylation sites (tertiary alicyclic amines) is 1. The summed E-state index contributed by atoms with van der Waals surface area (Å²) in [7, 11) is 0. The van der Waals surface area contributed by atoms with E-state index in [1.165, 1.54) is 12.8 Å². The second-order valence-electron chi connectivity index (χ2n) is 6.23. The number of piperidine rings is 1. The second kappa shape index (κ2) is 6.02. The first-order valence-corrected chi connectivity index (χ1v) is 7.31. The molecule has 0 bridgehead atoms. The predicted octanol–water partition coefficient (Wildman–Crippen LogP) is 0.831. The SMILES string of the molecule is CC(C)C(C)NC(=O)CN1CCC2NCCC2C1. The van der Waals surface area contributed by atoms with E-state index in [-0.39, 0.29) is 11.9 Å². The average molecular weight is 253 g/mol. The molecule has 2 saturated heterocycles. The van der Waals surface area contributed by atoms with Crippen LogP contribution in [0.4, 0.5) is 0 Å². The lowest BCUT2D eigenvalue weighted by molar-refractivity contribution is -0.123. The van der Waals surface area contributed by atoms with Gasteiger partial charge in [0, 0.05) is 25.2 Å². The maximum absolute atomic E-state index is 11.9. The first kappa shape index (κ1) is 13.8. The van der Waals surface area contributed by atoms with Gasteiger partial charge in [0.05, 0.1) is 6.54 Å². The molecule has 0 spiro atoms. The fraction of sp³-hybridized carbons (Fsp3) is 0.929. The molecule has 3 unspecified atom stereocenters. The topological polar surface area (TPSA) is 44.4 Å². The quantitative estimate of drug-likeness (QED) is 0.780. The maximum Gasteiger partial charge on any atom is 0.234 e. The lowest BCUT2D eigenvalue weighted by Crippen LogP contribution is -2.49. The molecule has 0 aromatic rings. The molecule has 2 rings (SSSR count). The minimum atomic E-state index is 0.181.